The first kappa shape index (κ1) is 36.0. The summed E-state index contributed by atoms with van der Waals surface area (Å²) in [5, 5.41) is 5.05. The lowest BCUT2D eigenvalue weighted by molar-refractivity contribution is 0.480. The van der Waals surface area contributed by atoms with Gasteiger partial charge in [0.25, 0.3) is 0 Å². The summed E-state index contributed by atoms with van der Waals surface area (Å²) in [7, 11) is -2.88. The predicted molar refractivity (Wildman–Crippen MR) is 250 cm³/mol. The van der Waals surface area contributed by atoms with Gasteiger partial charge >= 0.3 is 0 Å². The third kappa shape index (κ3) is 6.20. The molecule has 284 valence electrons. The zero-order valence-corrected chi connectivity index (χ0v) is 35.9. The van der Waals surface area contributed by atoms with E-state index in [1.165, 1.54) is 10.4 Å². The first-order valence-electron chi connectivity index (χ1n) is 20.2. The summed E-state index contributed by atoms with van der Waals surface area (Å²) in [5.41, 5.74) is 11.0. The Morgan fingerprint density at radius 3 is 1.00 bits per heavy atom. The molecule has 0 amide bonds. The van der Waals surface area contributed by atoms with Gasteiger partial charge in [-0.2, -0.15) is 0 Å². The number of ether oxygens (including phenoxy) is 2. The Hall–Kier alpha value is -6.35. The minimum absolute atomic E-state index is 0.840. The molecule has 2 aliphatic heterocycles. The highest BCUT2D eigenvalue weighted by molar-refractivity contribution is 6.89. The molecule has 58 heavy (non-hydrogen) atoms. The topological polar surface area (TPSA) is 24.9 Å². The molecule has 0 N–H and O–H groups in total. The maximum atomic E-state index is 6.84. The summed E-state index contributed by atoms with van der Waals surface area (Å²) >= 11 is 0. The lowest BCUT2D eigenvalue weighted by Crippen LogP contribution is -2.37. The second-order valence-electron chi connectivity index (χ2n) is 17.5. The first-order chi connectivity index (χ1) is 28.0. The van der Waals surface area contributed by atoms with Gasteiger partial charge in [0.1, 0.15) is 23.0 Å². The van der Waals surface area contributed by atoms with Crippen LogP contribution in [0.5, 0.6) is 23.0 Å². The Kier molecular flexibility index (Phi) is 8.48. The Bertz CT molecular complexity index is 2650. The molecule has 8 aromatic rings. The fourth-order valence-electron chi connectivity index (χ4n) is 8.47. The highest BCUT2D eigenvalue weighted by Gasteiger charge is 2.30. The van der Waals surface area contributed by atoms with E-state index in [4.69, 9.17) is 9.47 Å². The van der Waals surface area contributed by atoms with Crippen LogP contribution in [-0.2, 0) is 0 Å². The summed E-state index contributed by atoms with van der Waals surface area (Å²) in [4.78, 5) is 4.63. The van der Waals surface area contributed by atoms with E-state index in [2.05, 4.69) is 219 Å². The van der Waals surface area contributed by atoms with E-state index in [-0.39, 0.29) is 0 Å². The van der Waals surface area contributed by atoms with E-state index < -0.39 is 16.1 Å². The van der Waals surface area contributed by atoms with Crippen LogP contribution in [0.4, 0.5) is 34.1 Å². The van der Waals surface area contributed by atoms with E-state index in [1.807, 2.05) is 0 Å². The summed E-state index contributed by atoms with van der Waals surface area (Å²) in [6.07, 6.45) is 0. The second kappa shape index (κ2) is 13.6. The van der Waals surface area contributed by atoms with E-state index >= 15 is 0 Å². The van der Waals surface area contributed by atoms with Crippen molar-refractivity contribution >= 4 is 71.4 Å². The van der Waals surface area contributed by atoms with E-state index in [0.717, 1.165) is 90.1 Å². The predicted octanol–water partition coefficient (Wildman–Crippen LogP) is 14.4. The minimum Gasteiger partial charge on any atom is -0.456 e. The van der Waals surface area contributed by atoms with Gasteiger partial charge in [-0.3, -0.25) is 0 Å². The van der Waals surface area contributed by atoms with Gasteiger partial charge in [-0.05, 0) is 108 Å². The fourth-order valence-corrected chi connectivity index (χ4v) is 10.8. The van der Waals surface area contributed by atoms with Crippen LogP contribution >= 0.6 is 0 Å². The van der Waals surface area contributed by atoms with Crippen molar-refractivity contribution in [3.63, 3.8) is 0 Å². The number of para-hydroxylation sites is 2. The van der Waals surface area contributed by atoms with Crippen molar-refractivity contribution in [2.24, 2.45) is 0 Å². The van der Waals surface area contributed by atoms with Gasteiger partial charge in [0.15, 0.2) is 0 Å². The van der Waals surface area contributed by atoms with Gasteiger partial charge in [0.2, 0.25) is 0 Å². The molecule has 0 aliphatic carbocycles. The van der Waals surface area contributed by atoms with Gasteiger partial charge in [0.05, 0.1) is 16.1 Å². The van der Waals surface area contributed by atoms with Crippen LogP contribution in [0.1, 0.15) is 0 Å². The highest BCUT2D eigenvalue weighted by Crippen LogP contribution is 2.56. The SMILES string of the molecule is C[Si](C)(C)c1ccc(N(c2ccccc2)c2ccc3c(c2)Oc2ccc4c5c(ccc-3c25)Oc2cc(N(c3ccccc3)c3ccc([Si](C)(C)C)cc3)ccc2-4)cc1. The van der Waals surface area contributed by atoms with Crippen LogP contribution in [0, 0.1) is 0 Å². The molecule has 0 unspecified atom stereocenters. The van der Waals surface area contributed by atoms with Crippen molar-refractivity contribution in [2.45, 2.75) is 39.3 Å². The summed E-state index contributed by atoms with van der Waals surface area (Å²) in [5.74, 6) is 3.36. The highest BCUT2D eigenvalue weighted by atomic mass is 28.3. The summed E-state index contributed by atoms with van der Waals surface area (Å²) < 4.78 is 13.7. The van der Waals surface area contributed by atoms with Crippen molar-refractivity contribution in [1.82, 2.24) is 0 Å². The van der Waals surface area contributed by atoms with E-state index in [0.29, 0.717) is 0 Å². The lowest BCUT2D eigenvalue weighted by atomic mass is 9.88. The van der Waals surface area contributed by atoms with Crippen molar-refractivity contribution in [2.75, 3.05) is 9.80 Å². The van der Waals surface area contributed by atoms with E-state index in [1.54, 1.807) is 0 Å². The Balaban J connectivity index is 1.04. The van der Waals surface area contributed by atoms with Crippen LogP contribution in [0.3, 0.4) is 0 Å². The van der Waals surface area contributed by atoms with Crippen molar-refractivity contribution in [3.05, 3.63) is 170 Å². The van der Waals surface area contributed by atoms with Crippen LogP contribution in [0.15, 0.2) is 170 Å². The molecule has 0 saturated heterocycles. The molecule has 0 radical (unpaired) electrons. The zero-order chi connectivity index (χ0) is 39.8. The third-order valence-electron chi connectivity index (χ3n) is 11.6. The van der Waals surface area contributed by atoms with Crippen molar-refractivity contribution in [3.8, 4) is 45.3 Å². The summed E-state index contributed by atoms with van der Waals surface area (Å²) in [6, 6.07) is 61.2. The number of nitrogens with zero attached hydrogens (tertiary/aromatic N) is 2. The largest absolute Gasteiger partial charge is 0.456 e. The first-order valence-corrected chi connectivity index (χ1v) is 27.2. The molecule has 2 aliphatic rings. The van der Waals surface area contributed by atoms with Crippen molar-refractivity contribution < 1.29 is 9.47 Å². The molecule has 6 heteroatoms. The molecule has 10 rings (SSSR count). The van der Waals surface area contributed by atoms with Crippen LogP contribution in [0.2, 0.25) is 39.3 Å². The second-order valence-corrected chi connectivity index (χ2v) is 27.6. The van der Waals surface area contributed by atoms with Crippen LogP contribution in [0.25, 0.3) is 33.0 Å². The maximum absolute atomic E-state index is 6.84. The maximum Gasteiger partial charge on any atom is 0.137 e. The Morgan fingerprint density at radius 1 is 0.310 bits per heavy atom. The molecule has 0 bridgehead atoms. The third-order valence-corrected chi connectivity index (χ3v) is 15.7. The number of anilines is 6. The van der Waals surface area contributed by atoms with Crippen LogP contribution in [-0.4, -0.2) is 16.1 Å². The number of fused-ring (bicyclic) bond motifs is 4. The number of hydrogen-bond donors (Lipinski definition) is 0. The van der Waals surface area contributed by atoms with Gasteiger partial charge in [-0.15, -0.1) is 0 Å². The molecule has 0 fully saturated rings. The number of benzene rings is 8. The molecule has 4 nitrogen and oxygen atoms in total. The molecule has 0 saturated carbocycles. The molecule has 2 heterocycles. The fraction of sp³-hybridized carbons (Fsp3) is 0.115. The van der Waals surface area contributed by atoms with Gasteiger partial charge in [-0.1, -0.05) is 110 Å². The minimum atomic E-state index is -1.44. The average molecular weight is 787 g/mol. The lowest BCUT2D eigenvalue weighted by Gasteiger charge is -2.30. The molecule has 0 spiro atoms. The smallest absolute Gasteiger partial charge is 0.137 e. The van der Waals surface area contributed by atoms with Crippen LogP contribution < -0.4 is 29.6 Å². The van der Waals surface area contributed by atoms with Crippen molar-refractivity contribution in [1.29, 1.82) is 0 Å². The van der Waals surface area contributed by atoms with Gasteiger partial charge in [0, 0.05) is 68.2 Å². The zero-order valence-electron chi connectivity index (χ0n) is 33.9. The molecule has 0 aromatic heterocycles. The number of rotatable bonds is 8. The Labute approximate surface area is 343 Å². The van der Waals surface area contributed by atoms with Gasteiger partial charge in [-0.25, -0.2) is 0 Å². The Morgan fingerprint density at radius 2 is 0.638 bits per heavy atom. The van der Waals surface area contributed by atoms with Gasteiger partial charge < -0.3 is 19.3 Å². The monoisotopic (exact) mass is 786 g/mol. The quantitative estimate of drug-likeness (QED) is 0.143. The standard InChI is InChI=1S/C52H46N2O2Si2/c1-57(2,3)41-23-17-37(18-24-41)53(35-13-9-7-10-14-35)39-21-27-43-45-29-32-48-52-46(30-31-47(51(45)52)55-49(43)33-39)44-28-22-40(34-50(44)56-48)54(36-15-11-8-12-16-36)38-19-25-42(26-20-38)58(4,5)6/h7-34H,1-6H3. The normalized spacial score (nSPS) is 12.6. The number of hydrogen-bond acceptors (Lipinski definition) is 4. The molecule has 0 atom stereocenters. The summed E-state index contributed by atoms with van der Waals surface area (Å²) in [6.45, 7) is 14.3. The molecule has 8 aromatic carbocycles. The molecular weight excluding hydrogens is 741 g/mol. The van der Waals surface area contributed by atoms with E-state index in [9.17, 15) is 0 Å². The molecular formula is C52H46N2O2Si2. The average Bonchev–Trinajstić information content (AvgIpc) is 3.23.